The van der Waals surface area contributed by atoms with E-state index < -0.39 is 30.0 Å². The number of nitrogens with one attached hydrogen (secondary N) is 1. The number of hydrogen-bond donors (Lipinski definition) is 1. The molecule has 29 heavy (non-hydrogen) atoms. The van der Waals surface area contributed by atoms with Crippen molar-refractivity contribution in [1.29, 1.82) is 0 Å². The topological polar surface area (TPSA) is 110 Å². The zero-order valence-corrected chi connectivity index (χ0v) is 16.1. The summed E-state index contributed by atoms with van der Waals surface area (Å²) in [5.74, 6) is -1.32. The van der Waals surface area contributed by atoms with Gasteiger partial charge in [0.15, 0.2) is 4.96 Å². The highest BCUT2D eigenvalue weighted by atomic mass is 32.1. The summed E-state index contributed by atoms with van der Waals surface area (Å²) in [6.45, 7) is 0.816. The molecule has 0 saturated carbocycles. The van der Waals surface area contributed by atoms with Crippen LogP contribution in [0.5, 0.6) is 0 Å². The minimum absolute atomic E-state index is 0.234. The number of aromatic nitrogens is 2. The van der Waals surface area contributed by atoms with Gasteiger partial charge in [0.25, 0.3) is 11.5 Å². The van der Waals surface area contributed by atoms with Crippen LogP contribution in [0, 0.1) is 0 Å². The van der Waals surface area contributed by atoms with Gasteiger partial charge in [0.1, 0.15) is 18.7 Å². The molecule has 0 radical (unpaired) electrons. The fourth-order valence-corrected chi connectivity index (χ4v) is 3.84. The molecule has 1 atom stereocenters. The SMILES string of the molecule is C[C@]1(c2ccccc2)NC(=O)N(CC(=O)OCc2cc(=O)n3ccsc3n2)C1=O. The number of carbonyl (C=O) groups is 3. The van der Waals surface area contributed by atoms with Crippen molar-refractivity contribution in [2.24, 2.45) is 0 Å². The number of fused-ring (bicyclic) bond motifs is 1. The fourth-order valence-electron chi connectivity index (χ4n) is 3.10. The molecular formula is C19H16N4O5S. The van der Waals surface area contributed by atoms with Crippen LogP contribution in [0.1, 0.15) is 18.2 Å². The number of urea groups is 1. The maximum absolute atomic E-state index is 12.8. The van der Waals surface area contributed by atoms with Crippen molar-refractivity contribution < 1.29 is 19.1 Å². The average molecular weight is 412 g/mol. The molecule has 1 fully saturated rings. The number of hydrogen-bond acceptors (Lipinski definition) is 7. The summed E-state index contributed by atoms with van der Waals surface area (Å²) in [6, 6.07) is 9.38. The van der Waals surface area contributed by atoms with E-state index in [-0.39, 0.29) is 17.9 Å². The number of nitrogens with zero attached hydrogens (tertiary/aromatic N) is 3. The van der Waals surface area contributed by atoms with Crippen molar-refractivity contribution >= 4 is 34.2 Å². The summed E-state index contributed by atoms with van der Waals surface area (Å²) in [5.41, 5.74) is -0.630. The molecule has 3 aromatic rings. The Bertz CT molecular complexity index is 1170. The average Bonchev–Trinajstić information content (AvgIpc) is 3.27. The lowest BCUT2D eigenvalue weighted by molar-refractivity contribution is -0.148. The van der Waals surface area contributed by atoms with Gasteiger partial charge < -0.3 is 10.1 Å². The van der Waals surface area contributed by atoms with E-state index in [1.807, 2.05) is 0 Å². The summed E-state index contributed by atoms with van der Waals surface area (Å²) in [7, 11) is 0. The Kier molecular flexibility index (Phi) is 4.63. The Morgan fingerprint density at radius 3 is 2.76 bits per heavy atom. The summed E-state index contributed by atoms with van der Waals surface area (Å²) >= 11 is 1.28. The summed E-state index contributed by atoms with van der Waals surface area (Å²) in [6.07, 6.45) is 1.60. The molecule has 4 rings (SSSR count). The summed E-state index contributed by atoms with van der Waals surface area (Å²) in [5, 5.41) is 4.35. The van der Waals surface area contributed by atoms with Gasteiger partial charge in [-0.15, -0.1) is 11.3 Å². The number of benzene rings is 1. The molecule has 1 aliphatic rings. The Morgan fingerprint density at radius 1 is 1.24 bits per heavy atom. The van der Waals surface area contributed by atoms with E-state index in [2.05, 4.69) is 10.3 Å². The number of imide groups is 1. The van der Waals surface area contributed by atoms with E-state index in [1.54, 1.807) is 48.8 Å². The van der Waals surface area contributed by atoms with E-state index >= 15 is 0 Å². The molecule has 1 saturated heterocycles. The van der Waals surface area contributed by atoms with Crippen molar-refractivity contribution in [3.05, 3.63) is 69.6 Å². The van der Waals surface area contributed by atoms with Crippen molar-refractivity contribution in [3.8, 4) is 0 Å². The number of thiazole rings is 1. The molecule has 10 heteroatoms. The first kappa shape index (κ1) is 18.8. The third-order valence-electron chi connectivity index (χ3n) is 4.65. The fraction of sp³-hybridized carbons (Fsp3) is 0.211. The van der Waals surface area contributed by atoms with Crippen molar-refractivity contribution in [3.63, 3.8) is 0 Å². The normalized spacial score (nSPS) is 18.9. The highest BCUT2D eigenvalue weighted by Gasteiger charge is 2.49. The van der Waals surface area contributed by atoms with Crippen LogP contribution in [-0.2, 0) is 26.5 Å². The first-order valence-electron chi connectivity index (χ1n) is 8.69. The van der Waals surface area contributed by atoms with Crippen LogP contribution in [0.2, 0.25) is 0 Å². The molecule has 0 aliphatic carbocycles. The maximum Gasteiger partial charge on any atom is 0.326 e. The highest BCUT2D eigenvalue weighted by molar-refractivity contribution is 7.15. The molecule has 1 N–H and O–H groups in total. The Hall–Kier alpha value is -3.53. The number of ether oxygens (including phenoxy) is 1. The van der Waals surface area contributed by atoms with Gasteiger partial charge in [0.05, 0.1) is 5.69 Å². The molecule has 0 unspecified atom stereocenters. The highest BCUT2D eigenvalue weighted by Crippen LogP contribution is 2.28. The molecule has 0 spiro atoms. The second-order valence-electron chi connectivity index (χ2n) is 6.61. The van der Waals surface area contributed by atoms with E-state index in [4.69, 9.17) is 4.74 Å². The molecular weight excluding hydrogens is 396 g/mol. The molecule has 3 amide bonds. The molecule has 2 aromatic heterocycles. The summed E-state index contributed by atoms with van der Waals surface area (Å²) in [4.78, 5) is 54.8. The van der Waals surface area contributed by atoms with Crippen LogP contribution in [0.15, 0.2) is 52.8 Å². The molecule has 3 heterocycles. The third-order valence-corrected chi connectivity index (χ3v) is 5.41. The zero-order valence-electron chi connectivity index (χ0n) is 15.3. The third kappa shape index (κ3) is 3.38. The molecule has 148 valence electrons. The van der Waals surface area contributed by atoms with Gasteiger partial charge in [-0.2, -0.15) is 0 Å². The standard InChI is InChI=1S/C19H16N4O5S/c1-19(12-5-3-2-4-6-12)16(26)23(17(27)21-19)10-15(25)28-11-13-9-14(24)22-7-8-29-18(22)20-13/h2-9H,10-11H2,1H3,(H,21,27)/t19-/m1/s1. The van der Waals surface area contributed by atoms with Crippen molar-refractivity contribution in [2.45, 2.75) is 19.1 Å². The van der Waals surface area contributed by atoms with Gasteiger partial charge in [0.2, 0.25) is 0 Å². The monoisotopic (exact) mass is 412 g/mol. The largest absolute Gasteiger partial charge is 0.458 e. The first-order valence-corrected chi connectivity index (χ1v) is 9.57. The smallest absolute Gasteiger partial charge is 0.326 e. The van der Waals surface area contributed by atoms with Gasteiger partial charge in [-0.3, -0.25) is 23.7 Å². The van der Waals surface area contributed by atoms with Crippen LogP contribution in [0.25, 0.3) is 4.96 Å². The quantitative estimate of drug-likeness (QED) is 0.499. The molecule has 0 bridgehead atoms. The number of rotatable bonds is 5. The Labute approximate surface area is 168 Å². The maximum atomic E-state index is 12.8. The lowest BCUT2D eigenvalue weighted by Gasteiger charge is -2.21. The van der Waals surface area contributed by atoms with Gasteiger partial charge in [-0.05, 0) is 12.5 Å². The Balaban J connectivity index is 1.43. The minimum atomic E-state index is -1.25. The zero-order chi connectivity index (χ0) is 20.6. The van der Waals surface area contributed by atoms with Gasteiger partial charge in [0, 0.05) is 17.6 Å². The number of carbonyl (C=O) groups excluding carboxylic acids is 3. The summed E-state index contributed by atoms with van der Waals surface area (Å²) < 4.78 is 6.50. The Morgan fingerprint density at radius 2 is 2.00 bits per heavy atom. The van der Waals surface area contributed by atoms with E-state index in [0.717, 1.165) is 4.90 Å². The van der Waals surface area contributed by atoms with Gasteiger partial charge >= 0.3 is 12.0 Å². The predicted octanol–water partition coefficient (Wildman–Crippen LogP) is 1.27. The van der Waals surface area contributed by atoms with E-state index in [1.165, 1.54) is 21.8 Å². The van der Waals surface area contributed by atoms with Crippen LogP contribution < -0.4 is 10.9 Å². The first-order chi connectivity index (χ1) is 13.9. The van der Waals surface area contributed by atoms with Crippen LogP contribution in [0.3, 0.4) is 0 Å². The molecule has 1 aliphatic heterocycles. The van der Waals surface area contributed by atoms with Crippen molar-refractivity contribution in [1.82, 2.24) is 19.6 Å². The van der Waals surface area contributed by atoms with Gasteiger partial charge in [-0.25, -0.2) is 9.78 Å². The van der Waals surface area contributed by atoms with E-state index in [0.29, 0.717) is 10.5 Å². The molecule has 1 aromatic carbocycles. The van der Waals surface area contributed by atoms with Crippen LogP contribution in [-0.4, -0.2) is 38.7 Å². The second-order valence-corrected chi connectivity index (χ2v) is 7.49. The van der Waals surface area contributed by atoms with E-state index in [9.17, 15) is 19.2 Å². The lowest BCUT2D eigenvalue weighted by atomic mass is 9.92. The van der Waals surface area contributed by atoms with Gasteiger partial charge in [-0.1, -0.05) is 30.3 Å². The predicted molar refractivity (Wildman–Crippen MR) is 103 cm³/mol. The van der Waals surface area contributed by atoms with Crippen LogP contribution in [0.4, 0.5) is 4.79 Å². The minimum Gasteiger partial charge on any atom is -0.458 e. The molecule has 9 nitrogen and oxygen atoms in total. The second kappa shape index (κ2) is 7.13. The number of esters is 1. The number of amides is 3. The van der Waals surface area contributed by atoms with Crippen molar-refractivity contribution in [2.75, 3.05) is 6.54 Å². The lowest BCUT2D eigenvalue weighted by Crippen LogP contribution is -2.41. The van der Waals surface area contributed by atoms with Crippen LogP contribution >= 0.6 is 11.3 Å².